The molecular weight excluding hydrogens is 290 g/mol. The number of amides is 1. The topological polar surface area (TPSA) is 54.9 Å². The maximum Gasteiger partial charge on any atom is 0.254 e. The van der Waals surface area contributed by atoms with Gasteiger partial charge in [-0.1, -0.05) is 0 Å². The van der Waals surface area contributed by atoms with E-state index in [4.69, 9.17) is 0 Å². The summed E-state index contributed by atoms with van der Waals surface area (Å²) in [6, 6.07) is 3.45. The number of halogens is 1. The summed E-state index contributed by atoms with van der Waals surface area (Å²) in [7, 11) is 0. The van der Waals surface area contributed by atoms with Crippen LogP contribution in [0.1, 0.15) is 15.2 Å². The molecule has 0 bridgehead atoms. The number of nitrogens with one attached hydrogen (secondary N) is 1. The minimum atomic E-state index is -0.145. The van der Waals surface area contributed by atoms with Crippen molar-refractivity contribution in [2.45, 2.75) is 6.54 Å². The van der Waals surface area contributed by atoms with Gasteiger partial charge in [-0.15, -0.1) is 11.3 Å². The lowest BCUT2D eigenvalue weighted by atomic mass is 10.3. The van der Waals surface area contributed by atoms with Gasteiger partial charge in [0.15, 0.2) is 0 Å². The van der Waals surface area contributed by atoms with E-state index in [1.807, 2.05) is 0 Å². The highest BCUT2D eigenvalue weighted by Gasteiger charge is 2.09. The Morgan fingerprint density at radius 3 is 3.12 bits per heavy atom. The molecule has 82 valence electrons. The highest BCUT2D eigenvalue weighted by molar-refractivity contribution is 9.10. The van der Waals surface area contributed by atoms with Crippen LogP contribution in [0.4, 0.5) is 0 Å². The molecule has 0 aliphatic carbocycles. The number of hydrogen-bond acceptors (Lipinski definition) is 4. The van der Waals surface area contributed by atoms with Crippen LogP contribution in [0, 0.1) is 0 Å². The zero-order valence-corrected chi connectivity index (χ0v) is 10.6. The van der Waals surface area contributed by atoms with Crippen LogP contribution >= 0.6 is 27.3 Å². The van der Waals surface area contributed by atoms with Crippen LogP contribution < -0.4 is 5.32 Å². The molecule has 2 aromatic rings. The molecule has 0 unspecified atom stereocenters. The summed E-state index contributed by atoms with van der Waals surface area (Å²) in [5.74, 6) is -0.145. The van der Waals surface area contributed by atoms with Gasteiger partial charge in [0.05, 0.1) is 17.6 Å². The summed E-state index contributed by atoms with van der Waals surface area (Å²) in [6.07, 6.45) is 3.37. The molecule has 1 amide bonds. The van der Waals surface area contributed by atoms with Gasteiger partial charge in [0, 0.05) is 17.3 Å². The van der Waals surface area contributed by atoms with Gasteiger partial charge < -0.3 is 5.32 Å². The average Bonchev–Trinajstić information content (AvgIpc) is 2.79. The number of nitrogens with zero attached hydrogens (tertiary/aromatic N) is 2. The molecule has 2 heterocycles. The Labute approximate surface area is 105 Å². The second-order valence-corrected chi connectivity index (χ2v) is 4.71. The summed E-state index contributed by atoms with van der Waals surface area (Å²) < 4.78 is 0.553. The summed E-state index contributed by atoms with van der Waals surface area (Å²) >= 11 is 4.75. The van der Waals surface area contributed by atoms with E-state index in [2.05, 4.69) is 31.2 Å². The fourth-order valence-electron chi connectivity index (χ4n) is 1.15. The van der Waals surface area contributed by atoms with Crippen LogP contribution in [0.25, 0.3) is 0 Å². The Kier molecular flexibility index (Phi) is 3.63. The number of hydrogen-bond donors (Lipinski definition) is 1. The average molecular weight is 298 g/mol. The van der Waals surface area contributed by atoms with E-state index in [0.717, 1.165) is 4.88 Å². The molecule has 0 aromatic carbocycles. The van der Waals surface area contributed by atoms with Gasteiger partial charge >= 0.3 is 0 Å². The standard InChI is InChI=1S/C10H8BrN3OS/c11-9-8(2-1-3-13-9)10(15)14-5-7-4-12-6-16-7/h1-4,6H,5H2,(H,14,15). The lowest BCUT2D eigenvalue weighted by Crippen LogP contribution is -2.22. The number of carbonyl (C=O) groups is 1. The van der Waals surface area contributed by atoms with E-state index in [9.17, 15) is 4.79 Å². The van der Waals surface area contributed by atoms with Crippen LogP contribution in [0.3, 0.4) is 0 Å². The third kappa shape index (κ3) is 2.65. The van der Waals surface area contributed by atoms with E-state index in [1.165, 1.54) is 11.3 Å². The zero-order chi connectivity index (χ0) is 11.4. The fourth-order valence-corrected chi connectivity index (χ4v) is 2.11. The van der Waals surface area contributed by atoms with E-state index in [1.54, 1.807) is 30.0 Å². The lowest BCUT2D eigenvalue weighted by molar-refractivity contribution is 0.0950. The monoisotopic (exact) mass is 297 g/mol. The number of thiazole rings is 1. The summed E-state index contributed by atoms with van der Waals surface area (Å²) in [4.78, 5) is 20.7. The summed E-state index contributed by atoms with van der Waals surface area (Å²) in [5.41, 5.74) is 2.27. The van der Waals surface area contributed by atoms with Crippen LogP contribution in [-0.4, -0.2) is 15.9 Å². The molecule has 0 aliphatic rings. The molecule has 4 nitrogen and oxygen atoms in total. The van der Waals surface area contributed by atoms with Crippen molar-refractivity contribution >= 4 is 33.2 Å². The predicted octanol–water partition coefficient (Wildman–Crippen LogP) is 2.23. The Bertz CT molecular complexity index is 487. The molecule has 0 spiro atoms. The maximum absolute atomic E-state index is 11.8. The molecule has 6 heteroatoms. The van der Waals surface area contributed by atoms with Crippen LogP contribution in [-0.2, 0) is 6.54 Å². The molecular formula is C10H8BrN3OS. The largest absolute Gasteiger partial charge is 0.347 e. The highest BCUT2D eigenvalue weighted by Crippen LogP contribution is 2.12. The molecule has 0 saturated heterocycles. The second kappa shape index (κ2) is 5.18. The Balaban J connectivity index is 2.01. The number of pyridine rings is 1. The Hall–Kier alpha value is -1.27. The first-order chi connectivity index (χ1) is 7.77. The third-order valence-electron chi connectivity index (χ3n) is 1.91. The minimum absolute atomic E-state index is 0.145. The summed E-state index contributed by atoms with van der Waals surface area (Å²) in [6.45, 7) is 0.491. The summed E-state index contributed by atoms with van der Waals surface area (Å²) in [5, 5.41) is 2.80. The van der Waals surface area contributed by atoms with Gasteiger partial charge in [-0.2, -0.15) is 0 Å². The van der Waals surface area contributed by atoms with Gasteiger partial charge in [-0.25, -0.2) is 4.98 Å². The van der Waals surface area contributed by atoms with Crippen LogP contribution in [0.5, 0.6) is 0 Å². The van der Waals surface area contributed by atoms with Crippen molar-refractivity contribution in [3.05, 3.63) is 45.1 Å². The normalized spacial score (nSPS) is 10.1. The zero-order valence-electron chi connectivity index (χ0n) is 8.18. The molecule has 0 saturated carbocycles. The SMILES string of the molecule is O=C(NCc1cncs1)c1cccnc1Br. The van der Waals surface area contributed by atoms with E-state index in [0.29, 0.717) is 16.7 Å². The molecule has 0 atom stereocenters. The number of rotatable bonds is 3. The van der Waals surface area contributed by atoms with Crippen molar-refractivity contribution < 1.29 is 4.79 Å². The van der Waals surface area contributed by atoms with Crippen molar-refractivity contribution in [2.24, 2.45) is 0 Å². The highest BCUT2D eigenvalue weighted by atomic mass is 79.9. The molecule has 1 N–H and O–H groups in total. The van der Waals surface area contributed by atoms with Gasteiger partial charge in [0.1, 0.15) is 4.60 Å². The third-order valence-corrected chi connectivity index (χ3v) is 3.32. The molecule has 2 rings (SSSR count). The smallest absolute Gasteiger partial charge is 0.254 e. The Morgan fingerprint density at radius 1 is 1.56 bits per heavy atom. The van der Waals surface area contributed by atoms with Crippen LogP contribution in [0.2, 0.25) is 0 Å². The first-order valence-electron chi connectivity index (χ1n) is 4.53. The molecule has 2 aromatic heterocycles. The van der Waals surface area contributed by atoms with Gasteiger partial charge in [-0.05, 0) is 28.1 Å². The number of aromatic nitrogens is 2. The van der Waals surface area contributed by atoms with Crippen molar-refractivity contribution in [2.75, 3.05) is 0 Å². The predicted molar refractivity (Wildman–Crippen MR) is 65.2 cm³/mol. The maximum atomic E-state index is 11.8. The van der Waals surface area contributed by atoms with Gasteiger partial charge in [0.2, 0.25) is 0 Å². The van der Waals surface area contributed by atoms with Gasteiger partial charge in [-0.3, -0.25) is 9.78 Å². The molecule has 0 fully saturated rings. The van der Waals surface area contributed by atoms with E-state index < -0.39 is 0 Å². The molecule has 16 heavy (non-hydrogen) atoms. The first kappa shape index (κ1) is 11.2. The molecule has 0 aliphatic heterocycles. The van der Waals surface area contributed by atoms with Crippen molar-refractivity contribution in [3.8, 4) is 0 Å². The lowest BCUT2D eigenvalue weighted by Gasteiger charge is -2.04. The van der Waals surface area contributed by atoms with Crippen molar-refractivity contribution in [3.63, 3.8) is 0 Å². The van der Waals surface area contributed by atoms with Gasteiger partial charge in [0.25, 0.3) is 5.91 Å². The Morgan fingerprint density at radius 2 is 2.44 bits per heavy atom. The molecule has 0 radical (unpaired) electrons. The first-order valence-corrected chi connectivity index (χ1v) is 6.20. The van der Waals surface area contributed by atoms with Crippen molar-refractivity contribution in [1.82, 2.24) is 15.3 Å². The fraction of sp³-hybridized carbons (Fsp3) is 0.100. The van der Waals surface area contributed by atoms with E-state index in [-0.39, 0.29) is 5.91 Å². The van der Waals surface area contributed by atoms with Crippen LogP contribution in [0.15, 0.2) is 34.6 Å². The quantitative estimate of drug-likeness (QED) is 0.884. The second-order valence-electron chi connectivity index (χ2n) is 2.99. The van der Waals surface area contributed by atoms with Crippen molar-refractivity contribution in [1.29, 1.82) is 0 Å². The number of carbonyl (C=O) groups excluding carboxylic acids is 1. The van der Waals surface area contributed by atoms with E-state index >= 15 is 0 Å². The minimum Gasteiger partial charge on any atom is -0.347 e.